The van der Waals surface area contributed by atoms with Crippen molar-refractivity contribution in [1.82, 2.24) is 87.7 Å². The zero-order valence-corrected chi connectivity index (χ0v) is 74.5. The molecule has 1 unspecified atom stereocenters. The van der Waals surface area contributed by atoms with E-state index in [1.165, 1.54) is 25.7 Å². The summed E-state index contributed by atoms with van der Waals surface area (Å²) in [5.74, 6) is -13.2. The Balaban J connectivity index is 0.845. The lowest BCUT2D eigenvalue weighted by Crippen LogP contribution is -2.63. The van der Waals surface area contributed by atoms with Gasteiger partial charge in [-0.15, -0.1) is 0 Å². The molecule has 1 aliphatic heterocycles. The molecule has 1 saturated heterocycles. The number of hydrogen-bond acceptors (Lipinski definition) is 23. The topological polar surface area (TPSA) is 604 Å². The van der Waals surface area contributed by atoms with E-state index in [-0.39, 0.29) is 189 Å². The molecule has 3 heterocycles. The maximum atomic E-state index is 14.7. The third-order valence-corrected chi connectivity index (χ3v) is 27.2. The maximum Gasteiger partial charge on any atom is 0.317 e. The lowest BCUT2D eigenvalue weighted by molar-refractivity contribution is -0.202. The molecule has 700 valence electrons. The number of aliphatic hydroxyl groups is 2. The molecule has 1 aromatic carbocycles. The normalized spacial score (nSPS) is 24.8. The third kappa shape index (κ3) is 29.2. The average molecular weight is 1790 g/mol. The number of carboxylic acid groups (broad SMARTS) is 3. The van der Waals surface area contributed by atoms with E-state index in [4.69, 9.17) is 11.5 Å². The number of nitrogens with two attached hydrogens (primary N) is 2. The lowest BCUT2D eigenvalue weighted by Gasteiger charge is -2.63. The average Bonchev–Trinajstić information content (AvgIpc) is 1.43. The molecule has 126 heavy (non-hydrogen) atoms. The SMILES string of the molecule is CC(C)C[C@H](NC(=O)[C@H](Cc1cnc[nH]1)NC(=O)CNC(=O)[C@@H](NC(=O)[C@H](C)NC(=O)[C@H](Cc1c[nH]c2ccccc12)NC(=O)[C@H](CCC(N)=O)NC(=O)CC[C@@H](C)[C@H]1CC[C@H]2[C@@H]3[C@H](O)C[C@@H]4C[C@@H](NC(=O)CNC(=O)CN5CCN(CC(=O)O)CCN(CC(=O)O)CCN(CC(=O)O)CC5)CC[C@]4(C)[C@H]3C[C@H](O)[C@]12C)C(C)C)C(=O)N[C@@H](CCS(C)=O)C(N)=O. The number of carbonyl (C=O) groups is 15. The fraction of sp³-hybridized carbons (Fsp3) is 0.694. The van der Waals surface area contributed by atoms with E-state index >= 15 is 0 Å². The Labute approximate surface area is 736 Å². The number of nitrogens with zero attached hydrogens (tertiary/aromatic N) is 5. The van der Waals surface area contributed by atoms with Crippen LogP contribution in [0.2, 0.25) is 0 Å². The molecule has 3 aromatic rings. The zero-order valence-electron chi connectivity index (χ0n) is 73.7. The summed E-state index contributed by atoms with van der Waals surface area (Å²) in [4.78, 5) is 217. The van der Waals surface area contributed by atoms with Crippen LogP contribution in [0.5, 0.6) is 0 Å². The van der Waals surface area contributed by atoms with E-state index in [0.717, 1.165) is 6.42 Å². The van der Waals surface area contributed by atoms with Gasteiger partial charge in [0.15, 0.2) is 0 Å². The number of primary amides is 2. The number of rotatable bonds is 44. The highest BCUT2D eigenvalue weighted by atomic mass is 32.2. The molecule has 2 aromatic heterocycles. The second kappa shape index (κ2) is 47.1. The van der Waals surface area contributed by atoms with Crippen molar-refractivity contribution in [1.29, 1.82) is 0 Å². The Morgan fingerprint density at radius 3 is 1.71 bits per heavy atom. The highest BCUT2D eigenvalue weighted by Gasteiger charge is 2.66. The Bertz CT molecular complexity index is 4290. The van der Waals surface area contributed by atoms with Gasteiger partial charge < -0.3 is 100 Å². The van der Waals surface area contributed by atoms with Crippen molar-refractivity contribution in [2.24, 2.45) is 69.6 Å². The Morgan fingerprint density at radius 2 is 1.13 bits per heavy atom. The van der Waals surface area contributed by atoms with E-state index in [1.807, 2.05) is 19.1 Å². The predicted molar refractivity (Wildman–Crippen MR) is 462 cm³/mol. The number of amides is 12. The number of nitrogens with one attached hydrogen (secondary N) is 12. The first kappa shape index (κ1) is 101. The summed E-state index contributed by atoms with van der Waals surface area (Å²) in [7, 11) is -1.31. The van der Waals surface area contributed by atoms with Crippen LogP contribution in [-0.4, -0.2) is 317 Å². The second-order valence-electron chi connectivity index (χ2n) is 36.3. The van der Waals surface area contributed by atoms with Crippen molar-refractivity contribution in [3.05, 3.63) is 54.2 Å². The monoisotopic (exact) mass is 1790 g/mol. The molecule has 41 heteroatoms. The van der Waals surface area contributed by atoms with Crippen LogP contribution >= 0.6 is 0 Å². The third-order valence-electron chi connectivity index (χ3n) is 26.4. The molecule has 4 aliphatic carbocycles. The molecular formula is C85H133N19O21S. The van der Waals surface area contributed by atoms with Crippen molar-refractivity contribution in [3.63, 3.8) is 0 Å². The fourth-order valence-electron chi connectivity index (χ4n) is 19.5. The first-order valence-electron chi connectivity index (χ1n) is 43.8. The largest absolute Gasteiger partial charge is 0.480 e. The van der Waals surface area contributed by atoms with Gasteiger partial charge in [-0.3, -0.25) is 95.7 Å². The van der Waals surface area contributed by atoms with Crippen LogP contribution in [0.15, 0.2) is 43.0 Å². The fourth-order valence-corrected chi connectivity index (χ4v) is 20.1. The quantitative estimate of drug-likeness (QED) is 0.0279. The molecule has 5 aliphatic rings. The number of H-pyrrole nitrogens is 2. The number of hydrogen-bond donors (Lipinski definition) is 19. The van der Waals surface area contributed by atoms with E-state index in [9.17, 15) is 102 Å². The van der Waals surface area contributed by atoms with Gasteiger partial charge in [0.2, 0.25) is 70.9 Å². The number of benzene rings is 1. The maximum absolute atomic E-state index is 14.7. The summed E-state index contributed by atoms with van der Waals surface area (Å²) in [6.45, 7) is 14.1. The smallest absolute Gasteiger partial charge is 0.317 e. The summed E-state index contributed by atoms with van der Waals surface area (Å²) in [5.41, 5.74) is 12.0. The van der Waals surface area contributed by atoms with Crippen molar-refractivity contribution in [3.8, 4) is 0 Å². The summed E-state index contributed by atoms with van der Waals surface area (Å²) in [6, 6.07) is -2.30. The number of aliphatic carboxylic acids is 3. The number of aromatic amines is 2. The van der Waals surface area contributed by atoms with Gasteiger partial charge in [0.05, 0.1) is 57.8 Å². The van der Waals surface area contributed by atoms with Crippen molar-refractivity contribution in [2.45, 2.75) is 212 Å². The molecule has 8 rings (SSSR count). The number of fused-ring (bicyclic) bond motifs is 6. The first-order valence-corrected chi connectivity index (χ1v) is 45.5. The van der Waals surface area contributed by atoms with Gasteiger partial charge in [0.1, 0.15) is 42.3 Å². The molecule has 40 nitrogen and oxygen atoms in total. The summed E-state index contributed by atoms with van der Waals surface area (Å²) in [5, 5.41) is 81.4. The molecule has 5 fully saturated rings. The minimum Gasteiger partial charge on any atom is -0.480 e. The molecule has 12 amide bonds. The van der Waals surface area contributed by atoms with Gasteiger partial charge in [-0.1, -0.05) is 66.7 Å². The van der Waals surface area contributed by atoms with Crippen LogP contribution < -0.4 is 64.6 Å². The molecular weight excluding hydrogens is 1660 g/mol. The van der Waals surface area contributed by atoms with E-state index < -0.39 is 172 Å². The molecule has 21 N–H and O–H groups in total. The number of aliphatic hydroxyl groups excluding tert-OH is 2. The number of imidazole rings is 1. The second-order valence-corrected chi connectivity index (χ2v) is 37.8. The zero-order chi connectivity index (χ0) is 92.6. The van der Waals surface area contributed by atoms with Crippen molar-refractivity contribution in [2.75, 3.05) is 104 Å². The van der Waals surface area contributed by atoms with Crippen LogP contribution in [0.1, 0.15) is 150 Å². The summed E-state index contributed by atoms with van der Waals surface area (Å²) >= 11 is 0. The molecule has 4 saturated carbocycles. The van der Waals surface area contributed by atoms with E-state index in [1.54, 1.807) is 65.6 Å². The van der Waals surface area contributed by atoms with Crippen LogP contribution in [0, 0.1) is 58.2 Å². The van der Waals surface area contributed by atoms with Gasteiger partial charge in [-0.05, 0) is 147 Å². The van der Waals surface area contributed by atoms with Gasteiger partial charge in [-0.25, -0.2) is 4.98 Å². The Hall–Kier alpha value is -10.1. The standard InChI is InChI=1S/C85H133N19O21S/c1-47(2)32-62(81(122)97-60(77(87)118)21-31-126(9)125)98-82(123)64(36-54-39-88-46-92-54)96-70(110)41-91-83(124)76(48(3)4)100-78(119)50(6)93-80(121)63(33-51-38-89-59-13-11-10-12-55(51)59)99-79(120)61(17-18-67(86)107)95-68(108)19-14-49(5)56-15-16-57-75-58(37-66(106)85(56,57)8)84(7)22-20-53(34-52(84)35-65(75)105)94-69(109)40-90-71(111)42-101-23-25-102(43-72(112)113)27-29-104(45-74(116)117)30-28-103(26-24-101)44-73(114)115/h10-13,38-39,46-50,52-53,56-58,60-66,75-76,89,105-106H,14-37,40-45H2,1-9H3,(H2,86,107)(H2,87,118)(H,88,92)(H,90,111)(H,91,124)(H,93,121)(H,94,109)(H,95,108)(H,96,110)(H,97,122)(H,98,123)(H,99,120)(H,100,119)(H,112,113)(H,114,115)(H,116,117)/t49-,50+,52+,53+,56-,57+,58+,60+,61+,62+,63+,64+,65-,66+,75+,76+,84+,85-,126?/m1/s1. The summed E-state index contributed by atoms with van der Waals surface area (Å²) in [6.07, 6.45) is 8.10. The van der Waals surface area contributed by atoms with Crippen LogP contribution in [0.3, 0.4) is 0 Å². The van der Waals surface area contributed by atoms with E-state index in [0.29, 0.717) is 67.1 Å². The van der Waals surface area contributed by atoms with Gasteiger partial charge in [0, 0.05) is 136 Å². The van der Waals surface area contributed by atoms with Crippen molar-refractivity contribution >= 4 is 110 Å². The molecule has 19 atom stereocenters. The minimum absolute atomic E-state index is 0.0108. The highest BCUT2D eigenvalue weighted by molar-refractivity contribution is 7.84. The van der Waals surface area contributed by atoms with Crippen LogP contribution in [0.25, 0.3) is 10.9 Å². The Morgan fingerprint density at radius 1 is 0.571 bits per heavy atom. The highest BCUT2D eigenvalue weighted by Crippen LogP contribution is 2.68. The van der Waals surface area contributed by atoms with Crippen LogP contribution in [0.4, 0.5) is 0 Å². The Kier molecular flexibility index (Phi) is 37.9. The number of para-hydroxylation sites is 1. The predicted octanol–water partition coefficient (Wildman–Crippen LogP) is -2.48. The molecule has 0 bridgehead atoms. The molecule has 0 spiro atoms. The summed E-state index contributed by atoms with van der Waals surface area (Å²) < 4.78 is 11.8. The first-order chi connectivity index (χ1) is 59.5. The van der Waals surface area contributed by atoms with Gasteiger partial charge in [-0.2, -0.15) is 0 Å². The lowest BCUT2D eigenvalue weighted by atomic mass is 9.43. The minimum atomic E-state index is -1.43. The van der Waals surface area contributed by atoms with Crippen LogP contribution in [-0.2, 0) is 95.6 Å². The number of carboxylic acids is 3. The van der Waals surface area contributed by atoms with Gasteiger partial charge >= 0.3 is 17.9 Å². The number of carbonyl (C=O) groups excluding carboxylic acids is 12. The van der Waals surface area contributed by atoms with Gasteiger partial charge in [0.25, 0.3) is 0 Å². The number of aromatic nitrogens is 3. The van der Waals surface area contributed by atoms with Crippen molar-refractivity contribution < 1.29 is 102 Å². The molecule has 0 radical (unpaired) electrons. The van der Waals surface area contributed by atoms with E-state index in [2.05, 4.69) is 82.0 Å².